The summed E-state index contributed by atoms with van der Waals surface area (Å²) in [5, 5.41) is 0. The summed E-state index contributed by atoms with van der Waals surface area (Å²) in [5.74, 6) is 1.23. The van der Waals surface area contributed by atoms with Crippen molar-refractivity contribution in [2.75, 3.05) is 39.8 Å². The molecule has 1 spiro atoms. The van der Waals surface area contributed by atoms with Gasteiger partial charge >= 0.3 is 0 Å². The average molecular weight is 280 g/mol. The molecule has 1 unspecified atom stereocenters. The molecule has 0 radical (unpaired) electrons. The number of methoxy groups -OCH3 is 1. The molecule has 114 valence electrons. The quantitative estimate of drug-likeness (QED) is 0.789. The van der Waals surface area contributed by atoms with Gasteiger partial charge in [0.15, 0.2) is 0 Å². The second kappa shape index (κ2) is 5.64. The molecule has 2 aliphatic heterocycles. The number of rotatable bonds is 3. The maximum absolute atomic E-state index is 12.4. The lowest BCUT2D eigenvalue weighted by atomic mass is 9.58. The first kappa shape index (κ1) is 14.3. The van der Waals surface area contributed by atoms with Gasteiger partial charge in [0.05, 0.1) is 12.6 Å². The van der Waals surface area contributed by atoms with Crippen LogP contribution in [0.4, 0.5) is 0 Å². The summed E-state index contributed by atoms with van der Waals surface area (Å²) in [6, 6.07) is 0. The first-order valence-corrected chi connectivity index (χ1v) is 8.13. The Morgan fingerprint density at radius 3 is 2.50 bits per heavy atom. The molecular formula is C16H28N2O2. The zero-order valence-corrected chi connectivity index (χ0v) is 12.9. The summed E-state index contributed by atoms with van der Waals surface area (Å²) in [4.78, 5) is 16.7. The lowest BCUT2D eigenvalue weighted by molar-refractivity contribution is -0.136. The van der Waals surface area contributed by atoms with Crippen molar-refractivity contribution >= 4 is 5.91 Å². The molecule has 20 heavy (non-hydrogen) atoms. The number of nitrogens with zero attached hydrogens (tertiary/aromatic N) is 2. The van der Waals surface area contributed by atoms with Crippen LogP contribution in [0.1, 0.15) is 39.0 Å². The van der Waals surface area contributed by atoms with E-state index in [-0.39, 0.29) is 0 Å². The standard InChI is InChI=1S/C16H28N2O2/c1-13-9-16(10-13)4-7-18(8-5-16)15(19)12-17-6-3-14(11-17)20-2/h13-14H,3-12H2,1-2H3. The molecule has 3 aliphatic rings. The molecule has 4 nitrogen and oxygen atoms in total. The molecular weight excluding hydrogens is 252 g/mol. The zero-order chi connectivity index (χ0) is 14.2. The predicted molar refractivity (Wildman–Crippen MR) is 78.5 cm³/mol. The van der Waals surface area contributed by atoms with Gasteiger partial charge in [-0.3, -0.25) is 9.69 Å². The Morgan fingerprint density at radius 1 is 1.25 bits per heavy atom. The monoisotopic (exact) mass is 280 g/mol. The van der Waals surface area contributed by atoms with Gasteiger partial charge in [0.25, 0.3) is 0 Å². The van der Waals surface area contributed by atoms with Gasteiger partial charge in [-0.2, -0.15) is 0 Å². The summed E-state index contributed by atoms with van der Waals surface area (Å²) in [7, 11) is 1.76. The Balaban J connectivity index is 1.43. The Morgan fingerprint density at radius 2 is 1.95 bits per heavy atom. The maximum Gasteiger partial charge on any atom is 0.236 e. The number of likely N-dealkylation sites (tertiary alicyclic amines) is 2. The van der Waals surface area contributed by atoms with E-state index in [1.807, 2.05) is 0 Å². The van der Waals surface area contributed by atoms with Gasteiger partial charge in [-0.25, -0.2) is 0 Å². The Labute approximate surface area is 122 Å². The molecule has 1 saturated carbocycles. The van der Waals surface area contributed by atoms with Gasteiger partial charge in [-0.15, -0.1) is 0 Å². The van der Waals surface area contributed by atoms with E-state index >= 15 is 0 Å². The molecule has 2 saturated heterocycles. The van der Waals surface area contributed by atoms with Crippen molar-refractivity contribution < 1.29 is 9.53 Å². The van der Waals surface area contributed by atoms with E-state index in [0.717, 1.165) is 38.5 Å². The van der Waals surface area contributed by atoms with Gasteiger partial charge < -0.3 is 9.64 Å². The van der Waals surface area contributed by atoms with Crippen LogP contribution in [0.25, 0.3) is 0 Å². The minimum absolute atomic E-state index is 0.323. The topological polar surface area (TPSA) is 32.8 Å². The maximum atomic E-state index is 12.4. The average Bonchev–Trinajstić information content (AvgIpc) is 2.85. The fraction of sp³-hybridized carbons (Fsp3) is 0.938. The Hall–Kier alpha value is -0.610. The Kier molecular flexibility index (Phi) is 4.04. The molecule has 1 atom stereocenters. The molecule has 0 aromatic rings. The zero-order valence-electron chi connectivity index (χ0n) is 12.9. The SMILES string of the molecule is COC1CCN(CC(=O)N2CCC3(CC2)CC(C)C3)C1. The van der Waals surface area contributed by atoms with Crippen LogP contribution in [0.5, 0.6) is 0 Å². The highest BCUT2D eigenvalue weighted by atomic mass is 16.5. The summed E-state index contributed by atoms with van der Waals surface area (Å²) in [5.41, 5.74) is 0.602. The summed E-state index contributed by atoms with van der Waals surface area (Å²) in [6.45, 7) is 6.81. The third-order valence-corrected chi connectivity index (χ3v) is 5.66. The van der Waals surface area contributed by atoms with Crippen LogP contribution < -0.4 is 0 Å². The van der Waals surface area contributed by atoms with Crippen LogP contribution in [0.2, 0.25) is 0 Å². The van der Waals surface area contributed by atoms with Gasteiger partial charge in [-0.05, 0) is 43.4 Å². The highest BCUT2D eigenvalue weighted by Crippen LogP contribution is 2.52. The third kappa shape index (κ3) is 2.86. The first-order chi connectivity index (χ1) is 9.60. The smallest absolute Gasteiger partial charge is 0.236 e. The van der Waals surface area contributed by atoms with Crippen molar-refractivity contribution in [2.45, 2.75) is 45.1 Å². The van der Waals surface area contributed by atoms with Crippen LogP contribution in [0.3, 0.4) is 0 Å². The van der Waals surface area contributed by atoms with E-state index in [9.17, 15) is 4.79 Å². The van der Waals surface area contributed by atoms with E-state index in [2.05, 4.69) is 16.7 Å². The fourth-order valence-electron chi connectivity index (χ4n) is 4.48. The summed E-state index contributed by atoms with van der Waals surface area (Å²) >= 11 is 0. The summed E-state index contributed by atoms with van der Waals surface area (Å²) < 4.78 is 5.36. The minimum atomic E-state index is 0.323. The van der Waals surface area contributed by atoms with Crippen molar-refractivity contribution in [1.29, 1.82) is 0 Å². The van der Waals surface area contributed by atoms with Crippen LogP contribution in [0.15, 0.2) is 0 Å². The third-order valence-electron chi connectivity index (χ3n) is 5.66. The molecule has 3 fully saturated rings. The molecule has 1 aliphatic carbocycles. The van der Waals surface area contributed by atoms with E-state index in [4.69, 9.17) is 4.74 Å². The molecule has 0 N–H and O–H groups in total. The van der Waals surface area contributed by atoms with Crippen molar-refractivity contribution in [2.24, 2.45) is 11.3 Å². The number of hydrogen-bond acceptors (Lipinski definition) is 3. The molecule has 0 aromatic carbocycles. The molecule has 0 aromatic heterocycles. The van der Waals surface area contributed by atoms with E-state index < -0.39 is 0 Å². The Bertz CT molecular complexity index is 355. The van der Waals surface area contributed by atoms with Crippen molar-refractivity contribution in [3.05, 3.63) is 0 Å². The molecule has 1 amide bonds. The molecule has 0 bridgehead atoms. The van der Waals surface area contributed by atoms with Gasteiger partial charge in [0.2, 0.25) is 5.91 Å². The van der Waals surface area contributed by atoms with Crippen LogP contribution in [-0.2, 0) is 9.53 Å². The van der Waals surface area contributed by atoms with Gasteiger partial charge in [0.1, 0.15) is 0 Å². The number of piperidine rings is 1. The molecule has 3 rings (SSSR count). The predicted octanol–water partition coefficient (Wildman–Crippen LogP) is 1.75. The number of carbonyl (C=O) groups excluding carboxylic acids is 1. The second-order valence-electron chi connectivity index (χ2n) is 7.28. The highest BCUT2D eigenvalue weighted by molar-refractivity contribution is 5.78. The van der Waals surface area contributed by atoms with Gasteiger partial charge in [0, 0.05) is 33.3 Å². The van der Waals surface area contributed by atoms with Crippen molar-refractivity contribution in [3.63, 3.8) is 0 Å². The number of amides is 1. The van der Waals surface area contributed by atoms with Crippen molar-refractivity contribution in [3.8, 4) is 0 Å². The number of ether oxygens (including phenoxy) is 1. The first-order valence-electron chi connectivity index (χ1n) is 8.13. The fourth-order valence-corrected chi connectivity index (χ4v) is 4.48. The highest BCUT2D eigenvalue weighted by Gasteiger charge is 2.44. The summed E-state index contributed by atoms with van der Waals surface area (Å²) in [6.07, 6.45) is 6.61. The van der Waals surface area contributed by atoms with E-state index in [1.165, 1.54) is 25.7 Å². The van der Waals surface area contributed by atoms with Crippen LogP contribution in [-0.4, -0.2) is 61.6 Å². The van der Waals surface area contributed by atoms with E-state index in [1.54, 1.807) is 7.11 Å². The van der Waals surface area contributed by atoms with Crippen LogP contribution >= 0.6 is 0 Å². The normalized spacial score (nSPS) is 30.7. The molecule has 4 heteroatoms. The van der Waals surface area contributed by atoms with Crippen molar-refractivity contribution in [1.82, 2.24) is 9.80 Å². The van der Waals surface area contributed by atoms with E-state index in [0.29, 0.717) is 24.0 Å². The lowest BCUT2D eigenvalue weighted by Gasteiger charge is -2.51. The minimum Gasteiger partial charge on any atom is -0.380 e. The largest absolute Gasteiger partial charge is 0.380 e. The number of carbonyl (C=O) groups is 1. The lowest BCUT2D eigenvalue weighted by Crippen LogP contribution is -2.50. The van der Waals surface area contributed by atoms with Gasteiger partial charge in [-0.1, -0.05) is 6.92 Å². The number of hydrogen-bond donors (Lipinski definition) is 0. The second-order valence-corrected chi connectivity index (χ2v) is 7.28. The molecule has 2 heterocycles. The van der Waals surface area contributed by atoms with Crippen LogP contribution in [0, 0.1) is 11.3 Å².